The van der Waals surface area contributed by atoms with Crippen LogP contribution in [0.25, 0.3) is 0 Å². The summed E-state index contributed by atoms with van der Waals surface area (Å²) < 4.78 is 29.0. The summed E-state index contributed by atoms with van der Waals surface area (Å²) in [4.78, 5) is 10.9. The molecule has 0 unspecified atom stereocenters. The number of hydrogen-bond acceptors (Lipinski definition) is 7. The van der Waals surface area contributed by atoms with E-state index >= 15 is 0 Å². The van der Waals surface area contributed by atoms with Gasteiger partial charge in [-0.1, -0.05) is 0 Å². The summed E-state index contributed by atoms with van der Waals surface area (Å²) in [5.74, 6) is 0.444. The molecule has 0 aliphatic carbocycles. The van der Waals surface area contributed by atoms with E-state index in [0.717, 1.165) is 4.88 Å². The van der Waals surface area contributed by atoms with Gasteiger partial charge in [0.2, 0.25) is 11.8 Å². The van der Waals surface area contributed by atoms with Crippen LogP contribution in [0.3, 0.4) is 0 Å². The number of aromatic nitrogens is 2. The van der Waals surface area contributed by atoms with Crippen molar-refractivity contribution in [3.63, 3.8) is 0 Å². The summed E-state index contributed by atoms with van der Waals surface area (Å²) in [7, 11) is -2.16. The molecule has 0 aromatic carbocycles. The van der Waals surface area contributed by atoms with E-state index in [2.05, 4.69) is 20.2 Å². The molecule has 9 heteroatoms. The first kappa shape index (κ1) is 13.7. The van der Waals surface area contributed by atoms with Gasteiger partial charge in [-0.05, 0) is 19.1 Å². The maximum Gasteiger partial charge on any atom is 0.266 e. The van der Waals surface area contributed by atoms with Gasteiger partial charge < -0.3 is 4.74 Å². The first-order chi connectivity index (χ1) is 9.01. The maximum absolute atomic E-state index is 11.9. The second kappa shape index (κ2) is 5.51. The van der Waals surface area contributed by atoms with Crippen LogP contribution in [0.2, 0.25) is 0 Å². The molecule has 2 heterocycles. The molecule has 2 aromatic heterocycles. The number of hydrazine groups is 1. The van der Waals surface area contributed by atoms with Crippen molar-refractivity contribution in [2.75, 3.05) is 12.5 Å². The third kappa shape index (κ3) is 3.40. The minimum atomic E-state index is -3.62. The lowest BCUT2D eigenvalue weighted by Crippen LogP contribution is -2.29. The van der Waals surface area contributed by atoms with Gasteiger partial charge in [-0.2, -0.15) is 4.98 Å². The molecule has 0 saturated carbocycles. The van der Waals surface area contributed by atoms with E-state index in [1.807, 2.05) is 6.92 Å². The van der Waals surface area contributed by atoms with E-state index in [1.165, 1.54) is 30.7 Å². The normalized spacial score (nSPS) is 11.3. The number of anilines is 1. The van der Waals surface area contributed by atoms with Crippen molar-refractivity contribution in [1.29, 1.82) is 0 Å². The molecule has 0 bridgehead atoms. The average Bonchev–Trinajstić information content (AvgIpc) is 2.84. The number of aryl methyl sites for hydroxylation is 1. The van der Waals surface area contributed by atoms with Crippen LogP contribution in [-0.2, 0) is 10.0 Å². The smallest absolute Gasteiger partial charge is 0.266 e. The van der Waals surface area contributed by atoms with Crippen molar-refractivity contribution in [3.05, 3.63) is 29.3 Å². The minimum absolute atomic E-state index is 0.108. The summed E-state index contributed by atoms with van der Waals surface area (Å²) in [6.45, 7) is 1.84. The molecule has 0 saturated heterocycles. The Kier molecular flexibility index (Phi) is 3.98. The fraction of sp³-hybridized carbons (Fsp3) is 0.200. The number of nitrogens with one attached hydrogen (secondary N) is 2. The molecular formula is C10H12N4O3S2. The van der Waals surface area contributed by atoms with Crippen LogP contribution in [0.5, 0.6) is 5.88 Å². The van der Waals surface area contributed by atoms with Gasteiger partial charge >= 0.3 is 0 Å². The first-order valence-electron chi connectivity index (χ1n) is 5.22. The zero-order chi connectivity index (χ0) is 13.9. The molecule has 2 aromatic rings. The van der Waals surface area contributed by atoms with Crippen LogP contribution in [0.15, 0.2) is 28.6 Å². The maximum atomic E-state index is 11.9. The summed E-state index contributed by atoms with van der Waals surface area (Å²) in [6, 6.07) is 4.83. The third-order valence-electron chi connectivity index (χ3n) is 2.12. The fourth-order valence-electron chi connectivity index (χ4n) is 1.24. The highest BCUT2D eigenvalue weighted by molar-refractivity contribution is 7.91. The van der Waals surface area contributed by atoms with Gasteiger partial charge in [-0.25, -0.2) is 13.4 Å². The minimum Gasteiger partial charge on any atom is -0.481 e. The van der Waals surface area contributed by atoms with Crippen molar-refractivity contribution < 1.29 is 13.2 Å². The van der Waals surface area contributed by atoms with Gasteiger partial charge in [0.05, 0.1) is 7.11 Å². The zero-order valence-electron chi connectivity index (χ0n) is 10.2. The Morgan fingerprint density at radius 3 is 2.74 bits per heavy atom. The molecule has 0 radical (unpaired) electrons. The second-order valence-corrected chi connectivity index (χ2v) is 6.72. The van der Waals surface area contributed by atoms with Crippen LogP contribution in [0.1, 0.15) is 4.88 Å². The van der Waals surface area contributed by atoms with E-state index < -0.39 is 10.0 Å². The summed E-state index contributed by atoms with van der Waals surface area (Å²) in [6.07, 6.45) is 1.46. The third-order valence-corrected chi connectivity index (χ3v) is 4.86. The Morgan fingerprint density at radius 1 is 1.32 bits per heavy atom. The molecule has 7 nitrogen and oxygen atoms in total. The Morgan fingerprint density at radius 2 is 2.11 bits per heavy atom. The highest BCUT2D eigenvalue weighted by atomic mass is 32.2. The molecule has 2 N–H and O–H groups in total. The highest BCUT2D eigenvalue weighted by Gasteiger charge is 2.16. The molecule has 0 fully saturated rings. The quantitative estimate of drug-likeness (QED) is 0.805. The lowest BCUT2D eigenvalue weighted by Gasteiger charge is -2.07. The summed E-state index contributed by atoms with van der Waals surface area (Å²) >= 11 is 1.18. The van der Waals surface area contributed by atoms with Gasteiger partial charge in [0, 0.05) is 17.1 Å². The van der Waals surface area contributed by atoms with Gasteiger partial charge in [-0.15, -0.1) is 16.2 Å². The average molecular weight is 300 g/mol. The predicted octanol–water partition coefficient (Wildman–Crippen LogP) is 1.16. The van der Waals surface area contributed by atoms with E-state index in [-0.39, 0.29) is 10.2 Å². The topological polar surface area (TPSA) is 93.2 Å². The molecule has 19 heavy (non-hydrogen) atoms. The molecule has 0 amide bonds. The van der Waals surface area contributed by atoms with Crippen LogP contribution in [0.4, 0.5) is 5.95 Å². The van der Waals surface area contributed by atoms with Crippen LogP contribution in [-0.4, -0.2) is 25.5 Å². The lowest BCUT2D eigenvalue weighted by atomic mass is 10.5. The largest absolute Gasteiger partial charge is 0.481 e. The standard InChI is InChI=1S/C10H12N4O3S2/c1-7-3-4-9(18-7)19(15,16)14-13-10-11-6-5-8(12-10)17-2/h3-6,14H,1-2H3,(H,11,12,13). The van der Waals surface area contributed by atoms with Gasteiger partial charge in [0.1, 0.15) is 4.21 Å². The van der Waals surface area contributed by atoms with Gasteiger partial charge in [0.15, 0.2) is 0 Å². The van der Waals surface area contributed by atoms with Crippen LogP contribution >= 0.6 is 11.3 Å². The van der Waals surface area contributed by atoms with Crippen molar-refractivity contribution in [1.82, 2.24) is 14.8 Å². The van der Waals surface area contributed by atoms with Crippen molar-refractivity contribution in [2.24, 2.45) is 0 Å². The number of methoxy groups -OCH3 is 1. The summed E-state index contributed by atoms with van der Waals surface area (Å²) in [5, 5.41) is 0. The highest BCUT2D eigenvalue weighted by Crippen LogP contribution is 2.20. The van der Waals surface area contributed by atoms with E-state index in [1.54, 1.807) is 12.1 Å². The molecule has 0 atom stereocenters. The molecule has 2 rings (SSSR count). The lowest BCUT2D eigenvalue weighted by molar-refractivity contribution is 0.397. The SMILES string of the molecule is COc1ccnc(NNS(=O)(=O)c2ccc(C)s2)n1. The molecular weight excluding hydrogens is 288 g/mol. The molecule has 0 spiro atoms. The Labute approximate surface area is 114 Å². The molecule has 102 valence electrons. The Bertz CT molecular complexity index is 669. The van der Waals surface area contributed by atoms with Gasteiger partial charge in [-0.3, -0.25) is 5.43 Å². The van der Waals surface area contributed by atoms with Crippen LogP contribution in [0, 0.1) is 6.92 Å². The molecule has 0 aliphatic heterocycles. The number of nitrogens with zero attached hydrogens (tertiary/aromatic N) is 2. The van der Waals surface area contributed by atoms with E-state index in [9.17, 15) is 8.42 Å². The number of thiophene rings is 1. The van der Waals surface area contributed by atoms with E-state index in [0.29, 0.717) is 5.88 Å². The Balaban J connectivity index is 2.09. The number of rotatable bonds is 5. The van der Waals surface area contributed by atoms with Crippen LogP contribution < -0.4 is 15.0 Å². The zero-order valence-corrected chi connectivity index (χ0v) is 11.9. The first-order valence-corrected chi connectivity index (χ1v) is 7.52. The van der Waals surface area contributed by atoms with E-state index in [4.69, 9.17) is 4.74 Å². The fourth-order valence-corrected chi connectivity index (χ4v) is 3.36. The predicted molar refractivity (Wildman–Crippen MR) is 71.6 cm³/mol. The van der Waals surface area contributed by atoms with Crippen molar-refractivity contribution >= 4 is 27.3 Å². The number of sulfonamides is 1. The monoisotopic (exact) mass is 300 g/mol. The summed E-state index contributed by atoms with van der Waals surface area (Å²) in [5.41, 5.74) is 2.43. The number of hydrogen-bond donors (Lipinski definition) is 2. The van der Waals surface area contributed by atoms with Gasteiger partial charge in [0.25, 0.3) is 10.0 Å². The second-order valence-electron chi connectivity index (χ2n) is 3.52. The Hall–Kier alpha value is -1.71. The van der Waals surface area contributed by atoms with Crippen molar-refractivity contribution in [2.45, 2.75) is 11.1 Å². The molecule has 0 aliphatic rings. The van der Waals surface area contributed by atoms with Crippen molar-refractivity contribution in [3.8, 4) is 5.88 Å². The number of ether oxygens (including phenoxy) is 1.